The van der Waals surface area contributed by atoms with Crippen LogP contribution in [0, 0.1) is 13.8 Å². The third kappa shape index (κ3) is 3.42. The van der Waals surface area contributed by atoms with Gasteiger partial charge in [0.1, 0.15) is 15.8 Å². The molecule has 0 spiro atoms. The van der Waals surface area contributed by atoms with Crippen molar-refractivity contribution in [1.82, 2.24) is 9.97 Å². The van der Waals surface area contributed by atoms with E-state index in [1.165, 1.54) is 10.4 Å². The van der Waals surface area contributed by atoms with E-state index in [1.807, 2.05) is 0 Å². The van der Waals surface area contributed by atoms with Gasteiger partial charge in [-0.1, -0.05) is 11.6 Å². The summed E-state index contributed by atoms with van der Waals surface area (Å²) in [5.41, 5.74) is 1.17. The summed E-state index contributed by atoms with van der Waals surface area (Å²) in [5.74, 6) is 0.733. The van der Waals surface area contributed by atoms with E-state index in [4.69, 9.17) is 21.1 Å². The van der Waals surface area contributed by atoms with E-state index in [9.17, 15) is 0 Å². The molecule has 4 nitrogen and oxygen atoms in total. The summed E-state index contributed by atoms with van der Waals surface area (Å²) >= 11 is 7.90. The largest absolute Gasteiger partial charge is 0.382 e. The molecular formula is C13H17ClN2O2S. The molecule has 0 aliphatic carbocycles. The van der Waals surface area contributed by atoms with Crippen LogP contribution in [0.1, 0.15) is 16.3 Å². The van der Waals surface area contributed by atoms with Gasteiger partial charge in [0.25, 0.3) is 0 Å². The maximum absolute atomic E-state index is 6.24. The zero-order valence-electron chi connectivity index (χ0n) is 11.3. The molecule has 0 amide bonds. The molecule has 0 atom stereocenters. The van der Waals surface area contributed by atoms with Crippen molar-refractivity contribution in [3.05, 3.63) is 21.4 Å². The van der Waals surface area contributed by atoms with Crippen molar-refractivity contribution in [2.24, 2.45) is 0 Å². The molecule has 0 radical (unpaired) electrons. The van der Waals surface area contributed by atoms with Gasteiger partial charge in [-0.15, -0.1) is 11.3 Å². The fraction of sp³-hybridized carbons (Fsp3) is 0.538. The van der Waals surface area contributed by atoms with Crippen molar-refractivity contribution in [1.29, 1.82) is 0 Å². The Labute approximate surface area is 121 Å². The number of methoxy groups -OCH3 is 1. The first kappa shape index (κ1) is 14.7. The van der Waals surface area contributed by atoms with Crippen molar-refractivity contribution in [2.75, 3.05) is 26.9 Å². The van der Waals surface area contributed by atoms with Gasteiger partial charge in [-0.3, -0.25) is 0 Å². The molecule has 2 aromatic rings. The number of rotatable bonds is 6. The average molecular weight is 301 g/mol. The van der Waals surface area contributed by atoms with E-state index in [1.54, 1.807) is 18.4 Å². The molecule has 6 heteroatoms. The molecule has 2 rings (SSSR count). The Morgan fingerprint density at radius 3 is 2.68 bits per heavy atom. The van der Waals surface area contributed by atoms with Crippen LogP contribution >= 0.6 is 22.9 Å². The molecule has 2 aromatic heterocycles. The van der Waals surface area contributed by atoms with Gasteiger partial charge in [0.2, 0.25) is 0 Å². The highest BCUT2D eigenvalue weighted by Gasteiger charge is 2.12. The van der Waals surface area contributed by atoms with Crippen LogP contribution in [-0.2, 0) is 15.9 Å². The third-order valence-corrected chi connectivity index (χ3v) is 4.31. The lowest BCUT2D eigenvalue weighted by Gasteiger charge is -2.04. The van der Waals surface area contributed by atoms with Gasteiger partial charge < -0.3 is 9.47 Å². The molecule has 0 saturated heterocycles. The number of hydrogen-bond acceptors (Lipinski definition) is 5. The lowest BCUT2D eigenvalue weighted by Crippen LogP contribution is -2.07. The van der Waals surface area contributed by atoms with Crippen LogP contribution in [-0.4, -0.2) is 36.9 Å². The minimum Gasteiger partial charge on any atom is -0.382 e. The standard InChI is InChI=1S/C13H17ClN2O2S/c1-8-9(2)19-13-11(8)12(14)15-10(16-13)4-5-18-7-6-17-3/h4-7H2,1-3H3. The third-order valence-electron chi connectivity index (χ3n) is 2.93. The van der Waals surface area contributed by atoms with E-state index < -0.39 is 0 Å². The van der Waals surface area contributed by atoms with E-state index in [-0.39, 0.29) is 0 Å². The molecular weight excluding hydrogens is 284 g/mol. The summed E-state index contributed by atoms with van der Waals surface area (Å²) < 4.78 is 10.3. The maximum Gasteiger partial charge on any atom is 0.141 e. The molecule has 0 N–H and O–H groups in total. The molecule has 0 unspecified atom stereocenters. The van der Waals surface area contributed by atoms with E-state index in [0.717, 1.165) is 16.0 Å². The minimum atomic E-state index is 0.541. The summed E-state index contributed by atoms with van der Waals surface area (Å²) in [6.45, 7) is 5.89. The first-order valence-electron chi connectivity index (χ1n) is 6.12. The first-order chi connectivity index (χ1) is 9.13. The maximum atomic E-state index is 6.24. The van der Waals surface area contributed by atoms with Gasteiger partial charge in [-0.2, -0.15) is 0 Å². The molecule has 0 aliphatic rings. The highest BCUT2D eigenvalue weighted by Crippen LogP contribution is 2.32. The van der Waals surface area contributed by atoms with Crippen LogP contribution in [0.25, 0.3) is 10.2 Å². The molecule has 0 aliphatic heterocycles. The predicted molar refractivity (Wildman–Crippen MR) is 78.3 cm³/mol. The number of nitrogens with zero attached hydrogens (tertiary/aromatic N) is 2. The Morgan fingerprint density at radius 1 is 1.16 bits per heavy atom. The quantitative estimate of drug-likeness (QED) is 0.607. The first-order valence-corrected chi connectivity index (χ1v) is 7.31. The Balaban J connectivity index is 2.08. The molecule has 0 fully saturated rings. The Morgan fingerprint density at radius 2 is 1.95 bits per heavy atom. The number of ether oxygens (including phenoxy) is 2. The Bertz CT molecular complexity index is 571. The summed E-state index contributed by atoms with van der Waals surface area (Å²) in [6, 6.07) is 0. The van der Waals surface area contributed by atoms with Crippen LogP contribution in [0.15, 0.2) is 0 Å². The zero-order chi connectivity index (χ0) is 13.8. The SMILES string of the molecule is COCCOCCc1nc(Cl)c2c(C)c(C)sc2n1. The Kier molecular flexibility index (Phi) is 5.10. The zero-order valence-corrected chi connectivity index (χ0v) is 12.9. The number of fused-ring (bicyclic) bond motifs is 1. The van der Waals surface area contributed by atoms with Crippen LogP contribution in [0.5, 0.6) is 0 Å². The lowest BCUT2D eigenvalue weighted by atomic mass is 10.2. The van der Waals surface area contributed by atoms with Crippen LogP contribution in [0.3, 0.4) is 0 Å². The number of aromatic nitrogens is 2. The van der Waals surface area contributed by atoms with Gasteiger partial charge in [0.15, 0.2) is 0 Å². The molecule has 0 bridgehead atoms. The predicted octanol–water partition coefficient (Wildman–Crippen LogP) is 3.17. The summed E-state index contributed by atoms with van der Waals surface area (Å²) in [6.07, 6.45) is 0.662. The van der Waals surface area contributed by atoms with Crippen molar-refractivity contribution in [2.45, 2.75) is 20.3 Å². The molecule has 0 aromatic carbocycles. The Hall–Kier alpha value is -0.750. The topological polar surface area (TPSA) is 44.2 Å². The van der Waals surface area contributed by atoms with Crippen LogP contribution in [0.2, 0.25) is 5.15 Å². The van der Waals surface area contributed by atoms with E-state index in [0.29, 0.717) is 31.4 Å². The van der Waals surface area contributed by atoms with Gasteiger partial charge in [0, 0.05) is 18.4 Å². The highest BCUT2D eigenvalue weighted by molar-refractivity contribution is 7.18. The molecule has 104 valence electrons. The van der Waals surface area contributed by atoms with Crippen molar-refractivity contribution in [3.63, 3.8) is 0 Å². The van der Waals surface area contributed by atoms with Gasteiger partial charge in [-0.25, -0.2) is 9.97 Å². The van der Waals surface area contributed by atoms with Gasteiger partial charge in [-0.05, 0) is 19.4 Å². The van der Waals surface area contributed by atoms with E-state index >= 15 is 0 Å². The monoisotopic (exact) mass is 300 g/mol. The molecule has 2 heterocycles. The number of halogens is 1. The fourth-order valence-electron chi connectivity index (χ4n) is 1.76. The average Bonchev–Trinajstić information content (AvgIpc) is 2.65. The summed E-state index contributed by atoms with van der Waals surface area (Å²) in [7, 11) is 1.65. The minimum absolute atomic E-state index is 0.541. The van der Waals surface area contributed by atoms with Crippen molar-refractivity contribution < 1.29 is 9.47 Å². The van der Waals surface area contributed by atoms with Crippen molar-refractivity contribution in [3.8, 4) is 0 Å². The number of thiophene rings is 1. The normalized spacial score (nSPS) is 11.4. The van der Waals surface area contributed by atoms with Crippen LogP contribution < -0.4 is 0 Å². The fourth-order valence-corrected chi connectivity index (χ4v) is 3.19. The van der Waals surface area contributed by atoms with E-state index in [2.05, 4.69) is 23.8 Å². The lowest BCUT2D eigenvalue weighted by molar-refractivity contribution is 0.0716. The van der Waals surface area contributed by atoms with Crippen LogP contribution in [0.4, 0.5) is 0 Å². The molecule has 19 heavy (non-hydrogen) atoms. The second-order valence-corrected chi connectivity index (χ2v) is 5.81. The molecule has 0 saturated carbocycles. The summed E-state index contributed by atoms with van der Waals surface area (Å²) in [5, 5.41) is 1.52. The second kappa shape index (κ2) is 6.61. The second-order valence-electron chi connectivity index (χ2n) is 4.25. The number of aryl methyl sites for hydroxylation is 2. The van der Waals surface area contributed by atoms with Gasteiger partial charge >= 0.3 is 0 Å². The number of hydrogen-bond donors (Lipinski definition) is 0. The smallest absolute Gasteiger partial charge is 0.141 e. The summed E-state index contributed by atoms with van der Waals surface area (Å²) in [4.78, 5) is 11.1. The highest BCUT2D eigenvalue weighted by atomic mass is 35.5. The van der Waals surface area contributed by atoms with Gasteiger partial charge in [0.05, 0.1) is 25.2 Å². The van der Waals surface area contributed by atoms with Crippen molar-refractivity contribution >= 4 is 33.2 Å².